The van der Waals surface area contributed by atoms with Crippen molar-refractivity contribution in [3.63, 3.8) is 0 Å². The SMILES string of the molecule is Cc1sc(C(=O)O)cc1CN1C(=O)CCSC1=O. The van der Waals surface area contributed by atoms with Crippen LogP contribution in [0.25, 0.3) is 0 Å². The van der Waals surface area contributed by atoms with Crippen LogP contribution in [-0.4, -0.2) is 32.9 Å². The average Bonchev–Trinajstić information content (AvgIpc) is 2.66. The summed E-state index contributed by atoms with van der Waals surface area (Å²) in [4.78, 5) is 36.3. The van der Waals surface area contributed by atoms with Gasteiger partial charge in [0.05, 0.1) is 6.54 Å². The van der Waals surface area contributed by atoms with Crippen molar-refractivity contribution in [2.75, 3.05) is 5.75 Å². The van der Waals surface area contributed by atoms with Crippen LogP contribution in [0.15, 0.2) is 6.07 Å². The van der Waals surface area contributed by atoms with Crippen LogP contribution in [0, 0.1) is 6.92 Å². The van der Waals surface area contributed by atoms with Crippen molar-refractivity contribution >= 4 is 40.2 Å². The molecule has 0 aromatic carbocycles. The zero-order chi connectivity index (χ0) is 13.3. The number of carboxylic acid groups (broad SMARTS) is 1. The molecular formula is C11H11NO4S2. The Morgan fingerprint density at radius 3 is 2.78 bits per heavy atom. The zero-order valence-electron chi connectivity index (χ0n) is 9.63. The Hall–Kier alpha value is -1.34. The van der Waals surface area contributed by atoms with Crippen molar-refractivity contribution in [3.05, 3.63) is 21.4 Å². The van der Waals surface area contributed by atoms with Gasteiger partial charge in [0.15, 0.2) is 0 Å². The van der Waals surface area contributed by atoms with Gasteiger partial charge in [0.25, 0.3) is 5.24 Å². The Bertz CT molecular complexity index is 507. The Kier molecular flexibility index (Phi) is 3.72. The van der Waals surface area contributed by atoms with E-state index >= 15 is 0 Å². The van der Waals surface area contributed by atoms with E-state index < -0.39 is 5.97 Å². The lowest BCUT2D eigenvalue weighted by Crippen LogP contribution is -2.37. The van der Waals surface area contributed by atoms with Gasteiger partial charge in [0.2, 0.25) is 5.91 Å². The molecule has 0 spiro atoms. The van der Waals surface area contributed by atoms with Gasteiger partial charge < -0.3 is 5.11 Å². The number of carbonyl (C=O) groups excluding carboxylic acids is 2. The monoisotopic (exact) mass is 285 g/mol. The molecular weight excluding hydrogens is 274 g/mol. The largest absolute Gasteiger partial charge is 0.477 e. The van der Waals surface area contributed by atoms with Crippen molar-refractivity contribution in [1.29, 1.82) is 0 Å². The van der Waals surface area contributed by atoms with Crippen LogP contribution < -0.4 is 0 Å². The molecule has 1 N–H and O–H groups in total. The van der Waals surface area contributed by atoms with Gasteiger partial charge in [-0.15, -0.1) is 11.3 Å². The molecule has 1 saturated heterocycles. The molecule has 2 heterocycles. The number of aryl methyl sites for hydroxylation is 1. The molecule has 96 valence electrons. The zero-order valence-corrected chi connectivity index (χ0v) is 11.3. The maximum atomic E-state index is 11.6. The number of nitrogens with zero attached hydrogens (tertiary/aromatic N) is 1. The summed E-state index contributed by atoms with van der Waals surface area (Å²) in [5, 5.41) is 8.64. The highest BCUT2D eigenvalue weighted by Gasteiger charge is 2.27. The maximum absolute atomic E-state index is 11.6. The lowest BCUT2D eigenvalue weighted by Gasteiger charge is -2.23. The Morgan fingerprint density at radius 1 is 1.50 bits per heavy atom. The lowest BCUT2D eigenvalue weighted by molar-refractivity contribution is -0.128. The van der Waals surface area contributed by atoms with E-state index in [9.17, 15) is 14.4 Å². The summed E-state index contributed by atoms with van der Waals surface area (Å²) in [5.41, 5.74) is 0.724. The molecule has 1 aromatic heterocycles. The molecule has 18 heavy (non-hydrogen) atoms. The number of aromatic carboxylic acids is 1. The van der Waals surface area contributed by atoms with Crippen LogP contribution in [0.2, 0.25) is 0 Å². The average molecular weight is 285 g/mol. The van der Waals surface area contributed by atoms with E-state index in [0.29, 0.717) is 12.2 Å². The second-order valence-electron chi connectivity index (χ2n) is 3.84. The molecule has 0 saturated carbocycles. The fraction of sp³-hybridized carbons (Fsp3) is 0.364. The smallest absolute Gasteiger partial charge is 0.345 e. The van der Waals surface area contributed by atoms with Crippen molar-refractivity contribution < 1.29 is 19.5 Å². The minimum absolute atomic E-state index is 0.167. The number of thioether (sulfide) groups is 1. The molecule has 2 amide bonds. The van der Waals surface area contributed by atoms with Gasteiger partial charge >= 0.3 is 5.97 Å². The fourth-order valence-corrected chi connectivity index (χ4v) is 3.29. The minimum atomic E-state index is -0.986. The Morgan fingerprint density at radius 2 is 2.22 bits per heavy atom. The van der Waals surface area contributed by atoms with Crippen molar-refractivity contribution in [1.82, 2.24) is 4.90 Å². The molecule has 2 rings (SSSR count). The predicted molar refractivity (Wildman–Crippen MR) is 69.0 cm³/mol. The minimum Gasteiger partial charge on any atom is -0.477 e. The first-order valence-corrected chi connectivity index (χ1v) is 7.09. The third kappa shape index (κ3) is 2.56. The number of amides is 2. The van der Waals surface area contributed by atoms with E-state index in [0.717, 1.165) is 33.5 Å². The molecule has 5 nitrogen and oxygen atoms in total. The third-order valence-electron chi connectivity index (χ3n) is 2.62. The molecule has 7 heteroatoms. The molecule has 1 aliphatic rings. The second kappa shape index (κ2) is 5.11. The first-order chi connectivity index (χ1) is 8.49. The summed E-state index contributed by atoms with van der Waals surface area (Å²) in [6, 6.07) is 1.53. The van der Waals surface area contributed by atoms with Gasteiger partial charge in [0.1, 0.15) is 4.88 Å². The molecule has 0 unspecified atom stereocenters. The number of thiophene rings is 1. The molecule has 0 aliphatic carbocycles. The standard InChI is InChI=1S/C11H11NO4S2/c1-6-7(4-8(18-6)10(14)15)5-12-9(13)2-3-17-11(12)16/h4H,2-3,5H2,1H3,(H,14,15). The summed E-state index contributed by atoms with van der Waals surface area (Å²) in [6.45, 7) is 1.96. The molecule has 0 radical (unpaired) electrons. The van der Waals surface area contributed by atoms with E-state index in [1.54, 1.807) is 6.92 Å². The maximum Gasteiger partial charge on any atom is 0.345 e. The van der Waals surface area contributed by atoms with E-state index in [1.807, 2.05) is 0 Å². The summed E-state index contributed by atoms with van der Waals surface area (Å²) in [7, 11) is 0. The predicted octanol–water partition coefficient (Wildman–Crippen LogP) is 2.34. The van der Waals surface area contributed by atoms with Crippen molar-refractivity contribution in [3.8, 4) is 0 Å². The topological polar surface area (TPSA) is 74.7 Å². The van der Waals surface area contributed by atoms with Crippen LogP contribution in [0.4, 0.5) is 4.79 Å². The first kappa shape index (κ1) is 13.1. The van der Waals surface area contributed by atoms with E-state index in [2.05, 4.69) is 0 Å². The molecule has 1 aliphatic heterocycles. The first-order valence-electron chi connectivity index (χ1n) is 5.28. The summed E-state index contributed by atoms with van der Waals surface area (Å²) in [5.74, 6) is -0.654. The highest BCUT2D eigenvalue weighted by atomic mass is 32.2. The molecule has 0 bridgehead atoms. The van der Waals surface area contributed by atoms with Gasteiger partial charge in [-0.1, -0.05) is 11.8 Å². The van der Waals surface area contributed by atoms with Crippen LogP contribution in [0.1, 0.15) is 26.5 Å². The van der Waals surface area contributed by atoms with Crippen LogP contribution in [0.3, 0.4) is 0 Å². The van der Waals surface area contributed by atoms with E-state index in [4.69, 9.17) is 5.11 Å². The Balaban J connectivity index is 2.20. The molecule has 0 atom stereocenters. The van der Waals surface area contributed by atoms with Crippen molar-refractivity contribution in [2.45, 2.75) is 19.9 Å². The van der Waals surface area contributed by atoms with E-state index in [-0.39, 0.29) is 22.6 Å². The Labute approximate surface area is 112 Å². The van der Waals surface area contributed by atoms with Crippen molar-refractivity contribution in [2.24, 2.45) is 0 Å². The van der Waals surface area contributed by atoms with Crippen LogP contribution in [0.5, 0.6) is 0 Å². The molecule has 1 aromatic rings. The fourth-order valence-electron chi connectivity index (χ4n) is 1.65. The van der Waals surface area contributed by atoms with Gasteiger partial charge in [-0.05, 0) is 18.6 Å². The second-order valence-corrected chi connectivity index (χ2v) is 6.14. The van der Waals surface area contributed by atoms with Crippen LogP contribution >= 0.6 is 23.1 Å². The highest BCUT2D eigenvalue weighted by Crippen LogP contribution is 2.26. The van der Waals surface area contributed by atoms with Gasteiger partial charge in [-0.25, -0.2) is 4.79 Å². The number of rotatable bonds is 3. The van der Waals surface area contributed by atoms with Gasteiger partial charge in [-0.3, -0.25) is 14.5 Å². The lowest BCUT2D eigenvalue weighted by atomic mass is 10.2. The number of carboxylic acids is 1. The normalized spacial score (nSPS) is 16.2. The number of carbonyl (C=O) groups is 3. The van der Waals surface area contributed by atoms with Gasteiger partial charge in [-0.2, -0.15) is 0 Å². The highest BCUT2D eigenvalue weighted by molar-refractivity contribution is 8.13. The summed E-state index contributed by atoms with van der Waals surface area (Å²) < 4.78 is 0. The summed E-state index contributed by atoms with van der Waals surface area (Å²) >= 11 is 2.28. The quantitative estimate of drug-likeness (QED) is 0.922. The van der Waals surface area contributed by atoms with Crippen LogP contribution in [-0.2, 0) is 11.3 Å². The number of imide groups is 1. The van der Waals surface area contributed by atoms with Gasteiger partial charge in [0, 0.05) is 17.1 Å². The molecule has 1 fully saturated rings. The van der Waals surface area contributed by atoms with E-state index in [1.165, 1.54) is 11.0 Å². The third-order valence-corrected chi connectivity index (χ3v) is 4.58. The number of hydrogen-bond acceptors (Lipinski definition) is 5. The summed E-state index contributed by atoms with van der Waals surface area (Å²) in [6.07, 6.45) is 0.353. The number of hydrogen-bond donors (Lipinski definition) is 1.